The van der Waals surface area contributed by atoms with Gasteiger partial charge in [-0.1, -0.05) is 87.4 Å². The van der Waals surface area contributed by atoms with Crippen LogP contribution in [0.2, 0.25) is 0 Å². The van der Waals surface area contributed by atoms with Crippen molar-refractivity contribution in [1.82, 2.24) is 30.2 Å². The number of amides is 6. The summed E-state index contributed by atoms with van der Waals surface area (Å²) < 4.78 is 5.47. The van der Waals surface area contributed by atoms with Crippen LogP contribution >= 0.6 is 0 Å². The fourth-order valence-corrected chi connectivity index (χ4v) is 8.92. The largest absolute Gasteiger partial charge is 0.481 e. The summed E-state index contributed by atoms with van der Waals surface area (Å²) in [7, 11) is 2.92. The highest BCUT2D eigenvalue weighted by Crippen LogP contribution is 2.34. The van der Waals surface area contributed by atoms with E-state index in [1.165, 1.54) is 28.8 Å². The monoisotopic (exact) mass is 830 g/mol. The summed E-state index contributed by atoms with van der Waals surface area (Å²) in [6.07, 6.45) is 4.81. The average Bonchev–Trinajstić information content (AvgIpc) is 3.95. The van der Waals surface area contributed by atoms with Gasteiger partial charge in [0, 0.05) is 33.7 Å². The summed E-state index contributed by atoms with van der Waals surface area (Å²) in [6.45, 7) is 4.83. The van der Waals surface area contributed by atoms with E-state index in [-0.39, 0.29) is 19.6 Å². The lowest BCUT2D eigenvalue weighted by Gasteiger charge is -2.41. The number of nitrogens with one attached hydrogen (secondary N) is 2. The molecule has 0 aromatic heterocycles. The molecule has 15 heteroatoms. The minimum absolute atomic E-state index is 0.0186. The Kier molecular flexibility index (Phi) is 16.1. The van der Waals surface area contributed by atoms with Crippen molar-refractivity contribution in [3.05, 3.63) is 71.8 Å². The number of carboxylic acids is 1. The van der Waals surface area contributed by atoms with E-state index < -0.39 is 83.6 Å². The number of carboxylic acid groups (broad SMARTS) is 1. The molecule has 5 rings (SSSR count). The average molecular weight is 831 g/mol. The summed E-state index contributed by atoms with van der Waals surface area (Å²) >= 11 is 0. The predicted octanol–water partition coefficient (Wildman–Crippen LogP) is 4.13. The van der Waals surface area contributed by atoms with Crippen molar-refractivity contribution in [1.29, 1.82) is 0 Å². The second-order valence-electron chi connectivity index (χ2n) is 16.8. The van der Waals surface area contributed by atoms with Crippen molar-refractivity contribution in [3.63, 3.8) is 0 Å². The molecule has 6 amide bonds. The highest BCUT2D eigenvalue weighted by molar-refractivity contribution is 5.99. The Hall–Kier alpha value is -5.47. The molecule has 2 aliphatic heterocycles. The number of benzene rings is 2. The van der Waals surface area contributed by atoms with Gasteiger partial charge in [-0.05, 0) is 74.8 Å². The van der Waals surface area contributed by atoms with Crippen LogP contribution in [0.1, 0.15) is 95.6 Å². The maximum atomic E-state index is 14.7. The number of aliphatic carboxylic acids is 1. The SMILES string of the molecule is CC(C)[C@@H](C(=O)N(C)[C@@H](CC(=O)O)C(=O)N1CCCCC1)N(C)C(=O)C1(NC(=O)[C@@H]2CCCN2C(=O)[C@H](CCc2ccccc2)NC(=O)OCc2ccccc2)CCCC1. The van der Waals surface area contributed by atoms with E-state index in [1.54, 1.807) is 18.7 Å². The number of likely N-dealkylation sites (tertiary alicyclic amines) is 2. The molecule has 2 aromatic carbocycles. The fraction of sp³-hybridized carbons (Fsp3) is 0.578. The van der Waals surface area contributed by atoms with Crippen molar-refractivity contribution in [3.8, 4) is 0 Å². The molecular formula is C45H62N6O9. The van der Waals surface area contributed by atoms with Gasteiger partial charge < -0.3 is 40.1 Å². The topological polar surface area (TPSA) is 186 Å². The number of aryl methyl sites for hydroxylation is 1. The third-order valence-electron chi connectivity index (χ3n) is 12.2. The molecule has 4 atom stereocenters. The van der Waals surface area contributed by atoms with Gasteiger partial charge in [-0.2, -0.15) is 0 Å². The van der Waals surface area contributed by atoms with Crippen LogP contribution in [-0.2, 0) is 46.5 Å². The molecule has 2 aromatic rings. The van der Waals surface area contributed by atoms with Gasteiger partial charge in [0.25, 0.3) is 0 Å². The molecular weight excluding hydrogens is 769 g/mol. The summed E-state index contributed by atoms with van der Waals surface area (Å²) in [5.41, 5.74) is 0.413. The van der Waals surface area contributed by atoms with E-state index in [1.807, 2.05) is 60.7 Å². The molecule has 3 aliphatic rings. The van der Waals surface area contributed by atoms with Crippen LogP contribution in [0.3, 0.4) is 0 Å². The predicted molar refractivity (Wildman–Crippen MR) is 223 cm³/mol. The van der Waals surface area contributed by atoms with Crippen LogP contribution in [0, 0.1) is 5.92 Å². The van der Waals surface area contributed by atoms with Gasteiger partial charge in [0.05, 0.1) is 6.42 Å². The number of piperidine rings is 1. The first-order chi connectivity index (χ1) is 28.7. The summed E-state index contributed by atoms with van der Waals surface area (Å²) in [5.74, 6) is -4.03. The number of hydrogen-bond donors (Lipinski definition) is 3. The molecule has 2 heterocycles. The van der Waals surface area contributed by atoms with Crippen molar-refractivity contribution in [2.75, 3.05) is 33.7 Å². The number of nitrogens with zero attached hydrogens (tertiary/aromatic N) is 4. The van der Waals surface area contributed by atoms with Gasteiger partial charge in [-0.25, -0.2) is 4.79 Å². The van der Waals surface area contributed by atoms with Crippen LogP contribution in [-0.4, -0.2) is 130 Å². The van der Waals surface area contributed by atoms with Gasteiger partial charge in [-0.15, -0.1) is 0 Å². The number of likely N-dealkylation sites (N-methyl/N-ethyl adjacent to an activating group) is 2. The van der Waals surface area contributed by atoms with Gasteiger partial charge in [-0.3, -0.25) is 28.8 Å². The fourth-order valence-electron chi connectivity index (χ4n) is 8.92. The molecule has 0 spiro atoms. The zero-order valence-corrected chi connectivity index (χ0v) is 35.5. The number of ether oxygens (including phenoxy) is 1. The zero-order chi connectivity index (χ0) is 43.4. The lowest BCUT2D eigenvalue weighted by atomic mass is 9.91. The van der Waals surface area contributed by atoms with E-state index in [2.05, 4.69) is 10.6 Å². The summed E-state index contributed by atoms with van der Waals surface area (Å²) in [6, 6.07) is 14.6. The van der Waals surface area contributed by atoms with Crippen LogP contribution in [0.15, 0.2) is 60.7 Å². The van der Waals surface area contributed by atoms with E-state index in [9.17, 15) is 38.7 Å². The smallest absolute Gasteiger partial charge is 0.408 e. The Bertz CT molecular complexity index is 1810. The van der Waals surface area contributed by atoms with Crippen LogP contribution < -0.4 is 10.6 Å². The first kappa shape index (κ1) is 45.6. The van der Waals surface area contributed by atoms with Crippen molar-refractivity contribution in [2.24, 2.45) is 5.92 Å². The number of alkyl carbamates (subject to hydrolysis) is 1. The molecule has 1 aliphatic carbocycles. The highest BCUT2D eigenvalue weighted by atomic mass is 16.5. The Morgan fingerprint density at radius 2 is 1.42 bits per heavy atom. The van der Waals surface area contributed by atoms with E-state index in [4.69, 9.17) is 4.74 Å². The van der Waals surface area contributed by atoms with Gasteiger partial charge in [0.2, 0.25) is 29.5 Å². The molecule has 2 saturated heterocycles. The highest BCUT2D eigenvalue weighted by Gasteiger charge is 2.50. The maximum Gasteiger partial charge on any atom is 0.408 e. The van der Waals surface area contributed by atoms with Crippen molar-refractivity contribution < 1.29 is 43.4 Å². The third-order valence-corrected chi connectivity index (χ3v) is 12.2. The van der Waals surface area contributed by atoms with Gasteiger partial charge in [0.15, 0.2) is 0 Å². The Morgan fingerprint density at radius 3 is 2.02 bits per heavy atom. The Balaban J connectivity index is 1.31. The minimum Gasteiger partial charge on any atom is -0.481 e. The van der Waals surface area contributed by atoms with Crippen molar-refractivity contribution in [2.45, 2.75) is 127 Å². The van der Waals surface area contributed by atoms with Gasteiger partial charge >= 0.3 is 12.1 Å². The standard InChI is InChI=1S/C45H62N6O9/c1-31(2)38(42(57)48(3)36(29-37(52)53)41(56)50-26-14-7-15-27-50)49(4)43(58)45(24-12-13-25-45)47-39(54)35-21-16-28-51(35)40(55)34(23-22-32-17-8-5-9-18-32)46-44(59)60-30-33-19-10-6-11-20-33/h5-6,8-11,17-20,31,34-36,38H,7,12-16,21-30H2,1-4H3,(H,46,59)(H,47,54)(H,52,53)/t34-,35-,36-,38-/m0/s1. The number of hydrogen-bond acceptors (Lipinski definition) is 8. The lowest BCUT2D eigenvalue weighted by molar-refractivity contribution is -0.156. The molecule has 0 radical (unpaired) electrons. The van der Waals surface area contributed by atoms with Crippen molar-refractivity contribution >= 4 is 41.6 Å². The van der Waals surface area contributed by atoms with Crippen LogP contribution in [0.4, 0.5) is 4.79 Å². The van der Waals surface area contributed by atoms with Gasteiger partial charge in [0.1, 0.15) is 36.3 Å². The van der Waals surface area contributed by atoms with E-state index in [0.29, 0.717) is 58.0 Å². The summed E-state index contributed by atoms with van der Waals surface area (Å²) in [5, 5.41) is 15.6. The van der Waals surface area contributed by atoms with Crippen LogP contribution in [0.25, 0.3) is 0 Å². The molecule has 1 saturated carbocycles. The third kappa shape index (κ3) is 11.4. The molecule has 15 nitrogen and oxygen atoms in total. The second kappa shape index (κ2) is 21.2. The Labute approximate surface area is 353 Å². The number of carbonyl (C=O) groups excluding carboxylic acids is 6. The first-order valence-electron chi connectivity index (χ1n) is 21.4. The van der Waals surface area contributed by atoms with Crippen LogP contribution in [0.5, 0.6) is 0 Å². The number of carbonyl (C=O) groups is 7. The molecule has 0 unspecified atom stereocenters. The molecule has 326 valence electrons. The lowest BCUT2D eigenvalue weighted by Crippen LogP contribution is -2.65. The maximum absolute atomic E-state index is 14.7. The minimum atomic E-state index is -1.36. The van der Waals surface area contributed by atoms with E-state index >= 15 is 0 Å². The second-order valence-corrected chi connectivity index (χ2v) is 16.8. The first-order valence-corrected chi connectivity index (χ1v) is 21.4. The normalized spacial score (nSPS) is 18.9. The molecule has 0 bridgehead atoms. The zero-order valence-electron chi connectivity index (χ0n) is 35.5. The molecule has 3 fully saturated rings. The number of rotatable bonds is 17. The summed E-state index contributed by atoms with van der Waals surface area (Å²) in [4.78, 5) is 102. The van der Waals surface area contributed by atoms with E-state index in [0.717, 1.165) is 30.4 Å². The quantitative estimate of drug-likeness (QED) is 0.211. The molecule has 3 N–H and O–H groups in total. The molecule has 60 heavy (non-hydrogen) atoms. The Morgan fingerprint density at radius 1 is 0.800 bits per heavy atom.